The molecule has 0 radical (unpaired) electrons. The molecule has 1 nitrogen and oxygen atoms in total. The molecular weight excluding hydrogens is 196 g/mol. The van der Waals surface area contributed by atoms with E-state index in [-0.39, 0.29) is 0 Å². The molecule has 0 atom stereocenters. The SMILES string of the molecule is C#Cc1cccc(Cl)c1OCC1CC1. The van der Waals surface area contributed by atoms with E-state index in [1.807, 2.05) is 12.1 Å². The fourth-order valence-electron chi connectivity index (χ4n) is 1.25. The normalized spacial score (nSPS) is 14.9. The zero-order valence-electron chi connectivity index (χ0n) is 7.79. The summed E-state index contributed by atoms with van der Waals surface area (Å²) < 4.78 is 5.61. The lowest BCUT2D eigenvalue weighted by molar-refractivity contribution is 0.299. The van der Waals surface area contributed by atoms with Crippen LogP contribution < -0.4 is 4.74 Å². The van der Waals surface area contributed by atoms with Crippen molar-refractivity contribution in [1.82, 2.24) is 0 Å². The van der Waals surface area contributed by atoms with Gasteiger partial charge in [-0.05, 0) is 30.9 Å². The lowest BCUT2D eigenvalue weighted by Crippen LogP contribution is -2.01. The van der Waals surface area contributed by atoms with Gasteiger partial charge in [0.15, 0.2) is 5.75 Å². The van der Waals surface area contributed by atoms with Gasteiger partial charge in [0.25, 0.3) is 0 Å². The van der Waals surface area contributed by atoms with Crippen molar-refractivity contribution < 1.29 is 4.74 Å². The van der Waals surface area contributed by atoms with Crippen LogP contribution in [-0.4, -0.2) is 6.61 Å². The molecule has 1 aliphatic rings. The first-order valence-corrected chi connectivity index (χ1v) is 5.07. The first kappa shape index (κ1) is 9.43. The standard InChI is InChI=1S/C12H11ClO/c1-2-10-4-3-5-11(13)12(10)14-8-9-6-7-9/h1,3-5,9H,6-8H2. The number of ether oxygens (including phenoxy) is 1. The summed E-state index contributed by atoms with van der Waals surface area (Å²) in [5, 5.41) is 0.598. The van der Waals surface area contributed by atoms with E-state index in [9.17, 15) is 0 Å². The van der Waals surface area contributed by atoms with Crippen molar-refractivity contribution in [2.75, 3.05) is 6.61 Å². The molecule has 0 unspecified atom stereocenters. The Balaban J connectivity index is 2.16. The van der Waals surface area contributed by atoms with Gasteiger partial charge in [-0.3, -0.25) is 0 Å². The second kappa shape index (κ2) is 3.94. The minimum absolute atomic E-state index is 0.598. The maximum atomic E-state index is 5.99. The van der Waals surface area contributed by atoms with E-state index in [0.717, 1.165) is 12.2 Å². The predicted octanol–water partition coefficient (Wildman–Crippen LogP) is 3.11. The average Bonchev–Trinajstić information content (AvgIpc) is 2.99. The van der Waals surface area contributed by atoms with Gasteiger partial charge in [0.05, 0.1) is 17.2 Å². The lowest BCUT2D eigenvalue weighted by Gasteiger charge is -2.08. The maximum Gasteiger partial charge on any atom is 0.153 e. The molecule has 0 N–H and O–H groups in total. The topological polar surface area (TPSA) is 9.23 Å². The number of para-hydroxylation sites is 1. The zero-order valence-corrected chi connectivity index (χ0v) is 8.55. The van der Waals surface area contributed by atoms with Gasteiger partial charge < -0.3 is 4.74 Å². The first-order chi connectivity index (χ1) is 6.81. The van der Waals surface area contributed by atoms with E-state index in [0.29, 0.717) is 16.7 Å². The Morgan fingerprint density at radius 2 is 2.29 bits per heavy atom. The van der Waals surface area contributed by atoms with Crippen LogP contribution >= 0.6 is 11.6 Å². The summed E-state index contributed by atoms with van der Waals surface area (Å²) in [7, 11) is 0. The van der Waals surface area contributed by atoms with Crippen LogP contribution in [0.25, 0.3) is 0 Å². The quantitative estimate of drug-likeness (QED) is 0.691. The highest BCUT2D eigenvalue weighted by atomic mass is 35.5. The average molecular weight is 207 g/mol. The van der Waals surface area contributed by atoms with Crippen molar-refractivity contribution in [3.8, 4) is 18.1 Å². The number of hydrogen-bond donors (Lipinski definition) is 0. The summed E-state index contributed by atoms with van der Waals surface area (Å²) in [6, 6.07) is 5.47. The van der Waals surface area contributed by atoms with E-state index < -0.39 is 0 Å². The molecule has 1 aromatic carbocycles. The number of benzene rings is 1. The Labute approximate surface area is 89.0 Å². The maximum absolute atomic E-state index is 5.99. The van der Waals surface area contributed by atoms with Gasteiger partial charge in [-0.1, -0.05) is 23.6 Å². The van der Waals surface area contributed by atoms with Crippen LogP contribution in [0.5, 0.6) is 5.75 Å². The third kappa shape index (κ3) is 2.02. The van der Waals surface area contributed by atoms with Crippen LogP contribution in [0, 0.1) is 18.3 Å². The van der Waals surface area contributed by atoms with Crippen molar-refractivity contribution in [2.24, 2.45) is 5.92 Å². The number of hydrogen-bond acceptors (Lipinski definition) is 1. The third-order valence-corrected chi connectivity index (χ3v) is 2.58. The van der Waals surface area contributed by atoms with Crippen LogP contribution in [0.4, 0.5) is 0 Å². The summed E-state index contributed by atoms with van der Waals surface area (Å²) in [5.41, 5.74) is 0.734. The smallest absolute Gasteiger partial charge is 0.153 e. The largest absolute Gasteiger partial charge is 0.490 e. The van der Waals surface area contributed by atoms with Gasteiger partial charge >= 0.3 is 0 Å². The van der Waals surface area contributed by atoms with E-state index in [2.05, 4.69) is 5.92 Å². The zero-order chi connectivity index (χ0) is 9.97. The minimum Gasteiger partial charge on any atom is -0.490 e. The fourth-order valence-corrected chi connectivity index (χ4v) is 1.48. The minimum atomic E-state index is 0.598. The molecule has 1 saturated carbocycles. The van der Waals surface area contributed by atoms with Gasteiger partial charge in [0, 0.05) is 0 Å². The van der Waals surface area contributed by atoms with Crippen molar-refractivity contribution in [2.45, 2.75) is 12.8 Å². The highest BCUT2D eigenvalue weighted by Gasteiger charge is 2.22. The number of rotatable bonds is 3. The Bertz CT molecular complexity index is 374. The monoisotopic (exact) mass is 206 g/mol. The van der Waals surface area contributed by atoms with Crippen molar-refractivity contribution >= 4 is 11.6 Å². The summed E-state index contributed by atoms with van der Waals surface area (Å²) in [5.74, 6) is 3.93. The molecule has 14 heavy (non-hydrogen) atoms. The third-order valence-electron chi connectivity index (χ3n) is 2.28. The molecule has 2 heteroatoms. The van der Waals surface area contributed by atoms with Crippen molar-refractivity contribution in [3.05, 3.63) is 28.8 Å². The van der Waals surface area contributed by atoms with Crippen LogP contribution in [0.3, 0.4) is 0 Å². The van der Waals surface area contributed by atoms with Gasteiger partial charge in [0.2, 0.25) is 0 Å². The predicted molar refractivity (Wildman–Crippen MR) is 57.6 cm³/mol. The number of halogens is 1. The van der Waals surface area contributed by atoms with E-state index in [1.54, 1.807) is 6.07 Å². The Kier molecular flexibility index (Phi) is 2.65. The first-order valence-electron chi connectivity index (χ1n) is 4.69. The van der Waals surface area contributed by atoms with Crippen LogP contribution in [0.2, 0.25) is 5.02 Å². The van der Waals surface area contributed by atoms with E-state index in [1.165, 1.54) is 12.8 Å². The number of terminal acetylenes is 1. The van der Waals surface area contributed by atoms with Gasteiger partial charge in [-0.15, -0.1) is 6.42 Å². The fraction of sp³-hybridized carbons (Fsp3) is 0.333. The van der Waals surface area contributed by atoms with Gasteiger partial charge in [0.1, 0.15) is 0 Å². The molecule has 0 aromatic heterocycles. The van der Waals surface area contributed by atoms with E-state index in [4.69, 9.17) is 22.8 Å². The molecule has 2 rings (SSSR count). The molecular formula is C12H11ClO. The van der Waals surface area contributed by atoms with Crippen LogP contribution in [-0.2, 0) is 0 Å². The molecule has 72 valence electrons. The van der Waals surface area contributed by atoms with Gasteiger partial charge in [-0.25, -0.2) is 0 Å². The Morgan fingerprint density at radius 1 is 1.50 bits per heavy atom. The molecule has 1 aromatic rings. The molecule has 0 spiro atoms. The molecule has 0 saturated heterocycles. The Hall–Kier alpha value is -1.13. The summed E-state index contributed by atoms with van der Waals surface area (Å²) >= 11 is 5.99. The molecule has 1 fully saturated rings. The van der Waals surface area contributed by atoms with Gasteiger partial charge in [-0.2, -0.15) is 0 Å². The summed E-state index contributed by atoms with van der Waals surface area (Å²) in [6.45, 7) is 0.735. The van der Waals surface area contributed by atoms with Crippen LogP contribution in [0.1, 0.15) is 18.4 Å². The second-order valence-corrected chi connectivity index (χ2v) is 3.92. The molecule has 0 bridgehead atoms. The van der Waals surface area contributed by atoms with E-state index >= 15 is 0 Å². The van der Waals surface area contributed by atoms with Crippen LogP contribution in [0.15, 0.2) is 18.2 Å². The summed E-state index contributed by atoms with van der Waals surface area (Å²) in [4.78, 5) is 0. The van der Waals surface area contributed by atoms with Crippen molar-refractivity contribution in [3.63, 3.8) is 0 Å². The highest BCUT2D eigenvalue weighted by Crippen LogP contribution is 2.33. The molecule has 0 heterocycles. The summed E-state index contributed by atoms with van der Waals surface area (Å²) in [6.07, 6.45) is 7.87. The Morgan fingerprint density at radius 3 is 2.93 bits per heavy atom. The molecule has 1 aliphatic carbocycles. The lowest BCUT2D eigenvalue weighted by atomic mass is 10.2. The molecule has 0 aliphatic heterocycles. The second-order valence-electron chi connectivity index (χ2n) is 3.52. The molecule has 0 amide bonds. The van der Waals surface area contributed by atoms with Crippen molar-refractivity contribution in [1.29, 1.82) is 0 Å². The highest BCUT2D eigenvalue weighted by molar-refractivity contribution is 6.32.